The molecule has 0 aliphatic heterocycles. The van der Waals surface area contributed by atoms with E-state index in [0.29, 0.717) is 5.92 Å². The number of hydrogen-bond acceptors (Lipinski definition) is 0. The summed E-state index contributed by atoms with van der Waals surface area (Å²) in [6.45, 7) is 14.5. The molecule has 0 N–H and O–H groups in total. The van der Waals surface area contributed by atoms with Gasteiger partial charge in [0.1, 0.15) is 0 Å². The van der Waals surface area contributed by atoms with Crippen molar-refractivity contribution in [3.05, 3.63) is 76.6 Å². The monoisotopic (exact) mass is 336 g/mol. The van der Waals surface area contributed by atoms with Crippen molar-refractivity contribution in [3.8, 4) is 0 Å². The molecule has 0 fully saturated rings. The van der Waals surface area contributed by atoms with Crippen LogP contribution in [0.4, 0.5) is 0 Å². The Morgan fingerprint density at radius 1 is 0.708 bits per heavy atom. The molecular weight excluding hydrogens is 307 g/mol. The van der Waals surface area contributed by atoms with E-state index in [1.54, 1.807) is 5.31 Å². The molecule has 3 rings (SSSR count). The normalized spacial score (nSPS) is 17.8. The molecule has 0 radical (unpaired) electrons. The predicted molar refractivity (Wildman–Crippen MR) is 109 cm³/mol. The minimum absolute atomic E-state index is 0.286. The van der Waals surface area contributed by atoms with E-state index in [2.05, 4.69) is 102 Å². The molecule has 2 aromatic carbocycles. The van der Waals surface area contributed by atoms with Gasteiger partial charge in [0.25, 0.3) is 0 Å². The standard InChI is InChI=1S/C23H29P/c1-22(2,3)24(23(4,5)6)20-16-18-14-10-11-15-19(18)21(20)17-12-8-7-9-13-17/h7-16,21H,1-6H3. The van der Waals surface area contributed by atoms with Crippen LogP contribution in [0.2, 0.25) is 0 Å². The fourth-order valence-corrected chi connectivity index (χ4v) is 8.65. The highest BCUT2D eigenvalue weighted by Gasteiger charge is 2.42. The summed E-state index contributed by atoms with van der Waals surface area (Å²) >= 11 is 0. The summed E-state index contributed by atoms with van der Waals surface area (Å²) in [5.74, 6) is 0.409. The Kier molecular flexibility index (Phi) is 4.47. The van der Waals surface area contributed by atoms with Crippen LogP contribution in [0, 0.1) is 0 Å². The van der Waals surface area contributed by atoms with Crippen LogP contribution < -0.4 is 0 Å². The third kappa shape index (κ3) is 3.22. The molecule has 2 aromatic rings. The van der Waals surface area contributed by atoms with Gasteiger partial charge in [0.15, 0.2) is 0 Å². The lowest BCUT2D eigenvalue weighted by Gasteiger charge is -2.44. The summed E-state index contributed by atoms with van der Waals surface area (Å²) in [4.78, 5) is 0. The van der Waals surface area contributed by atoms with Gasteiger partial charge in [-0.2, -0.15) is 0 Å². The highest BCUT2D eigenvalue weighted by Crippen LogP contribution is 2.70. The molecule has 0 aromatic heterocycles. The summed E-state index contributed by atoms with van der Waals surface area (Å²) in [7, 11) is -0.292. The minimum Gasteiger partial charge on any atom is -0.0677 e. The second kappa shape index (κ2) is 6.16. The SMILES string of the molecule is CC(C)(C)P(C1=Cc2ccccc2C1c1ccccc1)C(C)(C)C. The number of rotatable bonds is 2. The molecule has 1 heteroatoms. The van der Waals surface area contributed by atoms with Crippen LogP contribution >= 0.6 is 7.92 Å². The maximum Gasteiger partial charge on any atom is 0.0350 e. The van der Waals surface area contributed by atoms with Crippen molar-refractivity contribution in [2.45, 2.75) is 57.8 Å². The number of hydrogen-bond donors (Lipinski definition) is 0. The Hall–Kier alpha value is -1.39. The predicted octanol–water partition coefficient (Wildman–Crippen LogP) is 7.25. The van der Waals surface area contributed by atoms with Crippen LogP contribution in [0.3, 0.4) is 0 Å². The van der Waals surface area contributed by atoms with Gasteiger partial charge in [-0.3, -0.25) is 0 Å². The van der Waals surface area contributed by atoms with Gasteiger partial charge in [-0.1, -0.05) is 104 Å². The Morgan fingerprint density at radius 3 is 1.83 bits per heavy atom. The number of benzene rings is 2. The Labute approximate surface area is 148 Å². The third-order valence-corrected chi connectivity index (χ3v) is 8.23. The van der Waals surface area contributed by atoms with Gasteiger partial charge >= 0.3 is 0 Å². The molecule has 0 nitrogen and oxygen atoms in total. The van der Waals surface area contributed by atoms with E-state index < -0.39 is 0 Å². The van der Waals surface area contributed by atoms with Crippen molar-refractivity contribution in [2.24, 2.45) is 0 Å². The first kappa shape index (κ1) is 17.4. The van der Waals surface area contributed by atoms with E-state index in [9.17, 15) is 0 Å². The quantitative estimate of drug-likeness (QED) is 0.507. The molecule has 0 saturated heterocycles. The molecule has 126 valence electrons. The molecule has 1 aliphatic carbocycles. The van der Waals surface area contributed by atoms with E-state index in [-0.39, 0.29) is 18.2 Å². The van der Waals surface area contributed by atoms with E-state index in [1.807, 2.05) is 0 Å². The van der Waals surface area contributed by atoms with Crippen LogP contribution in [0.25, 0.3) is 6.08 Å². The van der Waals surface area contributed by atoms with E-state index in [1.165, 1.54) is 16.7 Å². The first-order valence-corrected chi connectivity index (χ1v) is 10.2. The largest absolute Gasteiger partial charge is 0.0677 e. The van der Waals surface area contributed by atoms with Crippen LogP contribution in [-0.2, 0) is 0 Å². The molecule has 0 spiro atoms. The Morgan fingerprint density at radius 2 is 1.25 bits per heavy atom. The molecule has 0 amide bonds. The average molecular weight is 336 g/mol. The van der Waals surface area contributed by atoms with Crippen molar-refractivity contribution >= 4 is 14.0 Å². The maximum atomic E-state index is 2.50. The highest BCUT2D eigenvalue weighted by atomic mass is 31.1. The lowest BCUT2D eigenvalue weighted by Crippen LogP contribution is -2.26. The van der Waals surface area contributed by atoms with Crippen LogP contribution in [0.1, 0.15) is 64.2 Å². The van der Waals surface area contributed by atoms with E-state index in [4.69, 9.17) is 0 Å². The first-order chi connectivity index (χ1) is 11.2. The van der Waals surface area contributed by atoms with Crippen LogP contribution in [0.15, 0.2) is 59.9 Å². The van der Waals surface area contributed by atoms with Gasteiger partial charge in [-0.25, -0.2) is 0 Å². The smallest absolute Gasteiger partial charge is 0.0350 e. The third-order valence-electron chi connectivity index (χ3n) is 4.64. The Balaban J connectivity index is 2.19. The average Bonchev–Trinajstić information content (AvgIpc) is 2.83. The molecule has 0 heterocycles. The molecule has 1 aliphatic rings. The molecular formula is C23H29P. The zero-order valence-electron chi connectivity index (χ0n) is 15.8. The van der Waals surface area contributed by atoms with Gasteiger partial charge in [-0.15, -0.1) is 0 Å². The summed E-state index contributed by atoms with van der Waals surface area (Å²) in [5.41, 5.74) is 4.30. The second-order valence-electron chi connectivity index (χ2n) is 8.72. The Bertz CT molecular complexity index is 728. The van der Waals surface area contributed by atoms with Gasteiger partial charge in [0.05, 0.1) is 0 Å². The van der Waals surface area contributed by atoms with E-state index >= 15 is 0 Å². The van der Waals surface area contributed by atoms with Crippen molar-refractivity contribution in [1.29, 1.82) is 0 Å². The van der Waals surface area contributed by atoms with E-state index in [0.717, 1.165) is 0 Å². The topological polar surface area (TPSA) is 0 Å². The van der Waals surface area contributed by atoms with Crippen molar-refractivity contribution in [3.63, 3.8) is 0 Å². The fraction of sp³-hybridized carbons (Fsp3) is 0.391. The second-order valence-corrected chi connectivity index (χ2v) is 12.6. The van der Waals surface area contributed by atoms with Crippen molar-refractivity contribution < 1.29 is 0 Å². The van der Waals surface area contributed by atoms with Gasteiger partial charge < -0.3 is 0 Å². The van der Waals surface area contributed by atoms with Gasteiger partial charge in [-0.05, 0) is 38.4 Å². The summed E-state index contributed by atoms with van der Waals surface area (Å²) in [5, 5.41) is 2.21. The minimum atomic E-state index is -0.292. The summed E-state index contributed by atoms with van der Waals surface area (Å²) in [6.07, 6.45) is 2.50. The summed E-state index contributed by atoms with van der Waals surface area (Å²) in [6, 6.07) is 20.0. The molecule has 0 bridgehead atoms. The first-order valence-electron chi connectivity index (χ1n) is 8.85. The maximum absolute atomic E-state index is 2.50. The molecule has 1 unspecified atom stereocenters. The lowest BCUT2D eigenvalue weighted by molar-refractivity contribution is 0.708. The van der Waals surface area contributed by atoms with Gasteiger partial charge in [0, 0.05) is 5.92 Å². The van der Waals surface area contributed by atoms with Crippen LogP contribution in [-0.4, -0.2) is 10.3 Å². The number of allylic oxidation sites excluding steroid dienone is 1. The highest BCUT2D eigenvalue weighted by molar-refractivity contribution is 7.65. The van der Waals surface area contributed by atoms with Gasteiger partial charge in [0.2, 0.25) is 0 Å². The zero-order chi connectivity index (χ0) is 17.5. The zero-order valence-corrected chi connectivity index (χ0v) is 16.7. The molecule has 1 atom stereocenters. The van der Waals surface area contributed by atoms with Crippen molar-refractivity contribution in [2.75, 3.05) is 0 Å². The summed E-state index contributed by atoms with van der Waals surface area (Å²) < 4.78 is 0. The molecule has 24 heavy (non-hydrogen) atoms. The van der Waals surface area contributed by atoms with Crippen LogP contribution in [0.5, 0.6) is 0 Å². The molecule has 0 saturated carbocycles. The fourth-order valence-electron chi connectivity index (χ4n) is 4.28. The van der Waals surface area contributed by atoms with Crippen molar-refractivity contribution in [1.82, 2.24) is 0 Å². The number of fused-ring (bicyclic) bond motifs is 1. The lowest BCUT2D eigenvalue weighted by atomic mass is 9.93.